The third-order valence-electron chi connectivity index (χ3n) is 3.61. The largest absolute Gasteiger partial charge is 0.416 e. The average molecular weight is 333 g/mol. The Kier molecular flexibility index (Phi) is 3.79. The van der Waals surface area contributed by atoms with Gasteiger partial charge in [0.15, 0.2) is 0 Å². The van der Waals surface area contributed by atoms with E-state index in [0.29, 0.717) is 16.8 Å². The number of fused-ring (bicyclic) bond motifs is 1. The lowest BCUT2D eigenvalue weighted by Crippen LogP contribution is -2.24. The van der Waals surface area contributed by atoms with Crippen LogP contribution in [0.1, 0.15) is 16.2 Å². The Morgan fingerprint density at radius 2 is 1.88 bits per heavy atom. The van der Waals surface area contributed by atoms with Crippen molar-refractivity contribution in [2.75, 3.05) is 14.1 Å². The zero-order chi connectivity index (χ0) is 17.5. The number of rotatable bonds is 2. The molecular formula is C17H14F3N3O. The van der Waals surface area contributed by atoms with Crippen LogP contribution in [0, 0.1) is 0 Å². The maximum absolute atomic E-state index is 13.0. The fourth-order valence-electron chi connectivity index (χ4n) is 2.44. The number of pyridine rings is 1. The molecule has 0 radical (unpaired) electrons. The number of hydrogen-bond acceptors (Lipinski definition) is 2. The predicted molar refractivity (Wildman–Crippen MR) is 83.6 cm³/mol. The monoisotopic (exact) mass is 333 g/mol. The van der Waals surface area contributed by atoms with Crippen LogP contribution >= 0.6 is 0 Å². The molecule has 0 N–H and O–H groups in total. The number of carbonyl (C=O) groups excluding carboxylic acids is 1. The Labute approximate surface area is 136 Å². The zero-order valence-electron chi connectivity index (χ0n) is 13.0. The van der Waals surface area contributed by atoms with Gasteiger partial charge in [-0.3, -0.25) is 9.20 Å². The lowest BCUT2D eigenvalue weighted by molar-refractivity contribution is -0.137. The standard InChI is InChI=1S/C17H14F3N3O/c1-22(2)16(24)15-21-14(13-8-3-4-9-23(13)15)11-6-5-7-12(10-11)17(18,19)20/h3-10H,1-2H3. The molecule has 2 heterocycles. The van der Waals surface area contributed by atoms with Crippen LogP contribution in [0.2, 0.25) is 0 Å². The molecule has 2 aromatic heterocycles. The topological polar surface area (TPSA) is 37.6 Å². The normalized spacial score (nSPS) is 11.7. The number of halogens is 3. The van der Waals surface area contributed by atoms with Crippen molar-refractivity contribution >= 4 is 11.4 Å². The zero-order valence-corrected chi connectivity index (χ0v) is 13.0. The molecule has 124 valence electrons. The molecule has 7 heteroatoms. The highest BCUT2D eigenvalue weighted by Gasteiger charge is 2.31. The van der Waals surface area contributed by atoms with Crippen molar-refractivity contribution in [3.8, 4) is 11.3 Å². The first-order valence-corrected chi connectivity index (χ1v) is 7.15. The molecule has 3 aromatic rings. The minimum atomic E-state index is -4.44. The lowest BCUT2D eigenvalue weighted by Gasteiger charge is -2.08. The minimum absolute atomic E-state index is 0.156. The van der Waals surface area contributed by atoms with Crippen LogP contribution in [-0.4, -0.2) is 34.3 Å². The molecule has 0 fully saturated rings. The van der Waals surface area contributed by atoms with Gasteiger partial charge in [-0.15, -0.1) is 0 Å². The molecule has 24 heavy (non-hydrogen) atoms. The van der Waals surface area contributed by atoms with Crippen LogP contribution in [0.4, 0.5) is 13.2 Å². The van der Waals surface area contributed by atoms with E-state index in [2.05, 4.69) is 4.98 Å². The summed E-state index contributed by atoms with van der Waals surface area (Å²) in [5.41, 5.74) is 0.470. The van der Waals surface area contributed by atoms with Crippen molar-refractivity contribution in [2.45, 2.75) is 6.18 Å². The molecule has 0 aliphatic carbocycles. The summed E-state index contributed by atoms with van der Waals surface area (Å²) >= 11 is 0. The van der Waals surface area contributed by atoms with E-state index in [0.717, 1.165) is 12.1 Å². The van der Waals surface area contributed by atoms with Gasteiger partial charge in [-0.05, 0) is 24.3 Å². The Hall–Kier alpha value is -2.83. The van der Waals surface area contributed by atoms with Gasteiger partial charge in [0, 0.05) is 25.9 Å². The van der Waals surface area contributed by atoms with E-state index in [1.807, 2.05) is 0 Å². The second-order valence-corrected chi connectivity index (χ2v) is 5.52. The van der Waals surface area contributed by atoms with Gasteiger partial charge in [0.1, 0.15) is 0 Å². The number of imidazole rings is 1. The second-order valence-electron chi connectivity index (χ2n) is 5.52. The van der Waals surface area contributed by atoms with Crippen molar-refractivity contribution in [1.29, 1.82) is 0 Å². The molecule has 0 atom stereocenters. The summed E-state index contributed by atoms with van der Waals surface area (Å²) in [4.78, 5) is 18.0. The molecule has 0 saturated carbocycles. The number of benzene rings is 1. The molecule has 1 amide bonds. The van der Waals surface area contributed by atoms with Gasteiger partial charge in [0.25, 0.3) is 5.91 Å². The molecule has 0 bridgehead atoms. The van der Waals surface area contributed by atoms with E-state index in [-0.39, 0.29) is 11.7 Å². The average Bonchev–Trinajstić information content (AvgIpc) is 2.93. The van der Waals surface area contributed by atoms with E-state index in [1.54, 1.807) is 49.0 Å². The molecule has 4 nitrogen and oxygen atoms in total. The Morgan fingerprint density at radius 1 is 1.12 bits per heavy atom. The Balaban J connectivity index is 2.23. The summed E-state index contributed by atoms with van der Waals surface area (Å²) in [6, 6.07) is 10.1. The van der Waals surface area contributed by atoms with Gasteiger partial charge in [-0.25, -0.2) is 4.98 Å². The minimum Gasteiger partial charge on any atom is -0.342 e. The highest BCUT2D eigenvalue weighted by molar-refractivity contribution is 5.94. The molecular weight excluding hydrogens is 319 g/mol. The molecule has 0 aliphatic heterocycles. The smallest absolute Gasteiger partial charge is 0.342 e. The molecule has 0 unspecified atom stereocenters. The van der Waals surface area contributed by atoms with Crippen LogP contribution in [0.3, 0.4) is 0 Å². The summed E-state index contributed by atoms with van der Waals surface area (Å²) in [5.74, 6) is -0.169. The van der Waals surface area contributed by atoms with Crippen LogP contribution in [0.5, 0.6) is 0 Å². The number of amides is 1. The summed E-state index contributed by atoms with van der Waals surface area (Å²) in [7, 11) is 3.19. The van der Waals surface area contributed by atoms with Gasteiger partial charge >= 0.3 is 6.18 Å². The van der Waals surface area contributed by atoms with Crippen LogP contribution in [0.25, 0.3) is 16.8 Å². The summed E-state index contributed by atoms with van der Waals surface area (Å²) in [6.45, 7) is 0. The summed E-state index contributed by atoms with van der Waals surface area (Å²) in [6.07, 6.45) is -2.77. The van der Waals surface area contributed by atoms with E-state index < -0.39 is 11.7 Å². The third kappa shape index (κ3) is 2.73. The Morgan fingerprint density at radius 3 is 2.54 bits per heavy atom. The Bertz CT molecular complexity index is 913. The predicted octanol–water partition coefficient (Wildman–Crippen LogP) is 3.72. The highest BCUT2D eigenvalue weighted by atomic mass is 19.4. The van der Waals surface area contributed by atoms with E-state index >= 15 is 0 Å². The fourth-order valence-corrected chi connectivity index (χ4v) is 2.44. The molecule has 0 saturated heterocycles. The van der Waals surface area contributed by atoms with Crippen LogP contribution in [0.15, 0.2) is 48.7 Å². The number of nitrogens with zero attached hydrogens (tertiary/aromatic N) is 3. The molecule has 0 aliphatic rings. The first kappa shape index (κ1) is 16.0. The van der Waals surface area contributed by atoms with Crippen LogP contribution < -0.4 is 0 Å². The quantitative estimate of drug-likeness (QED) is 0.717. The van der Waals surface area contributed by atoms with E-state index in [9.17, 15) is 18.0 Å². The van der Waals surface area contributed by atoms with E-state index in [4.69, 9.17) is 0 Å². The van der Waals surface area contributed by atoms with Gasteiger partial charge in [0.2, 0.25) is 5.82 Å². The van der Waals surface area contributed by atoms with Gasteiger partial charge in [-0.1, -0.05) is 18.2 Å². The van der Waals surface area contributed by atoms with Crippen molar-refractivity contribution in [2.24, 2.45) is 0 Å². The number of alkyl halides is 3. The van der Waals surface area contributed by atoms with Gasteiger partial charge in [0.05, 0.1) is 16.8 Å². The van der Waals surface area contributed by atoms with Gasteiger partial charge in [-0.2, -0.15) is 13.2 Å². The summed E-state index contributed by atoms with van der Waals surface area (Å²) in [5, 5.41) is 0. The van der Waals surface area contributed by atoms with Crippen molar-refractivity contribution < 1.29 is 18.0 Å². The van der Waals surface area contributed by atoms with Gasteiger partial charge < -0.3 is 4.90 Å². The molecule has 1 aromatic carbocycles. The first-order chi connectivity index (χ1) is 11.3. The van der Waals surface area contributed by atoms with Crippen molar-refractivity contribution in [3.05, 3.63) is 60.0 Å². The fraction of sp³-hybridized carbons (Fsp3) is 0.176. The number of hydrogen-bond donors (Lipinski definition) is 0. The SMILES string of the molecule is CN(C)C(=O)c1nc(-c2cccc(C(F)(F)F)c2)c2ccccn12. The summed E-state index contributed by atoms with van der Waals surface area (Å²) < 4.78 is 40.4. The first-order valence-electron chi connectivity index (χ1n) is 7.15. The maximum atomic E-state index is 13.0. The molecule has 0 spiro atoms. The van der Waals surface area contributed by atoms with Crippen LogP contribution in [-0.2, 0) is 6.18 Å². The second kappa shape index (κ2) is 5.67. The number of carbonyl (C=O) groups is 1. The third-order valence-corrected chi connectivity index (χ3v) is 3.61. The lowest BCUT2D eigenvalue weighted by atomic mass is 10.1. The number of aromatic nitrogens is 2. The maximum Gasteiger partial charge on any atom is 0.416 e. The van der Waals surface area contributed by atoms with Crippen molar-refractivity contribution in [1.82, 2.24) is 14.3 Å². The van der Waals surface area contributed by atoms with E-state index in [1.165, 1.54) is 11.0 Å². The molecule has 3 rings (SSSR count). The highest BCUT2D eigenvalue weighted by Crippen LogP contribution is 2.33. The van der Waals surface area contributed by atoms with Crippen molar-refractivity contribution in [3.63, 3.8) is 0 Å².